The Kier molecular flexibility index (Phi) is 5.49. The van der Waals surface area contributed by atoms with Gasteiger partial charge in [-0.15, -0.1) is 0 Å². The number of hydrogen-bond acceptors (Lipinski definition) is 2. The predicted molar refractivity (Wildman–Crippen MR) is 113 cm³/mol. The first-order chi connectivity index (χ1) is 13.8. The second kappa shape index (κ2) is 7.92. The molecule has 3 aromatic rings. The second-order valence-electron chi connectivity index (χ2n) is 7.52. The minimum absolute atomic E-state index is 0.0248. The largest absolute Gasteiger partial charge is 0.481 e. The number of aromatic nitrogens is 1. The molecular formula is C22H21ClFNO3S. The standard InChI is InChI=1S/C22H21ClFNO3S/c1-29(28)19-11-16(24)10-18-17-4-2-3-14(9-20(26)27)21(17)25(22(18)19)12-13-5-7-15(23)8-6-13/h5-8,10-11,14H,2-4,9,12H2,1H3,(H,26,27)/t14-,29+/m1/s1. The van der Waals surface area contributed by atoms with Crippen LogP contribution in [0.4, 0.5) is 4.39 Å². The number of fused-ring (bicyclic) bond motifs is 3. The highest BCUT2D eigenvalue weighted by Gasteiger charge is 2.31. The van der Waals surface area contributed by atoms with Crippen LogP contribution in [0.2, 0.25) is 5.02 Å². The molecule has 0 bridgehead atoms. The van der Waals surface area contributed by atoms with E-state index in [1.165, 1.54) is 12.1 Å². The van der Waals surface area contributed by atoms with E-state index in [-0.39, 0.29) is 12.3 Å². The van der Waals surface area contributed by atoms with Crippen LogP contribution in [-0.4, -0.2) is 26.1 Å². The molecule has 1 heterocycles. The lowest BCUT2D eigenvalue weighted by molar-refractivity contribution is -0.137. The average molecular weight is 434 g/mol. The normalized spacial score (nSPS) is 17.3. The summed E-state index contributed by atoms with van der Waals surface area (Å²) >= 11 is 6.01. The van der Waals surface area contributed by atoms with Crippen LogP contribution in [0.5, 0.6) is 0 Å². The number of aryl methyl sites for hydroxylation is 1. The number of benzene rings is 2. The first-order valence-corrected chi connectivity index (χ1v) is 11.4. The van der Waals surface area contributed by atoms with Crippen molar-refractivity contribution in [1.29, 1.82) is 0 Å². The van der Waals surface area contributed by atoms with Gasteiger partial charge in [-0.1, -0.05) is 23.7 Å². The molecule has 4 nitrogen and oxygen atoms in total. The minimum atomic E-state index is -1.38. The Morgan fingerprint density at radius 1 is 1.31 bits per heavy atom. The van der Waals surface area contributed by atoms with Gasteiger partial charge in [-0.05, 0) is 54.7 Å². The lowest BCUT2D eigenvalue weighted by atomic mass is 9.84. The molecule has 0 amide bonds. The molecule has 0 spiro atoms. The zero-order valence-corrected chi connectivity index (χ0v) is 17.5. The molecule has 0 fully saturated rings. The van der Waals surface area contributed by atoms with Crippen LogP contribution >= 0.6 is 11.6 Å². The number of halogens is 2. The van der Waals surface area contributed by atoms with Crippen LogP contribution in [0.3, 0.4) is 0 Å². The highest BCUT2D eigenvalue weighted by atomic mass is 35.5. The fourth-order valence-electron chi connectivity index (χ4n) is 4.46. The maximum atomic E-state index is 14.4. The smallest absolute Gasteiger partial charge is 0.304 e. The third-order valence-corrected chi connectivity index (χ3v) is 6.77. The van der Waals surface area contributed by atoms with Gasteiger partial charge in [0.25, 0.3) is 0 Å². The molecule has 29 heavy (non-hydrogen) atoms. The van der Waals surface area contributed by atoms with Crippen molar-refractivity contribution in [2.45, 2.75) is 43.0 Å². The van der Waals surface area contributed by atoms with Gasteiger partial charge in [-0.25, -0.2) is 4.39 Å². The van der Waals surface area contributed by atoms with Gasteiger partial charge in [0.2, 0.25) is 0 Å². The summed E-state index contributed by atoms with van der Waals surface area (Å²) < 4.78 is 28.9. The van der Waals surface area contributed by atoms with Gasteiger partial charge >= 0.3 is 5.97 Å². The van der Waals surface area contributed by atoms with Gasteiger partial charge in [0.05, 0.1) is 27.6 Å². The van der Waals surface area contributed by atoms with Crippen LogP contribution < -0.4 is 0 Å². The summed E-state index contributed by atoms with van der Waals surface area (Å²) in [6.07, 6.45) is 3.95. The number of carboxylic acids is 1. The Bertz CT molecular complexity index is 1120. The molecule has 1 N–H and O–H groups in total. The van der Waals surface area contributed by atoms with Crippen molar-refractivity contribution in [3.05, 3.63) is 64.1 Å². The van der Waals surface area contributed by atoms with Crippen LogP contribution in [0.1, 0.15) is 42.0 Å². The fraction of sp³-hybridized carbons (Fsp3) is 0.318. The number of carboxylic acid groups (broad SMARTS) is 1. The van der Waals surface area contributed by atoms with Gasteiger partial charge in [-0.2, -0.15) is 0 Å². The number of nitrogens with zero attached hydrogens (tertiary/aromatic N) is 1. The van der Waals surface area contributed by atoms with Crippen molar-refractivity contribution >= 4 is 39.3 Å². The molecule has 0 aliphatic heterocycles. The Morgan fingerprint density at radius 2 is 2.03 bits per heavy atom. The first kappa shape index (κ1) is 20.1. The zero-order valence-electron chi connectivity index (χ0n) is 16.0. The molecule has 2 atom stereocenters. The molecule has 0 saturated heterocycles. The van der Waals surface area contributed by atoms with E-state index in [0.717, 1.165) is 47.0 Å². The van der Waals surface area contributed by atoms with E-state index in [4.69, 9.17) is 11.6 Å². The highest BCUT2D eigenvalue weighted by Crippen LogP contribution is 2.42. The lowest BCUT2D eigenvalue weighted by Crippen LogP contribution is -2.17. The molecular weight excluding hydrogens is 413 g/mol. The molecule has 4 rings (SSSR count). The molecule has 152 valence electrons. The Morgan fingerprint density at radius 3 is 2.69 bits per heavy atom. The molecule has 1 aliphatic carbocycles. The Hall–Kier alpha value is -2.18. The molecule has 2 aromatic carbocycles. The summed E-state index contributed by atoms with van der Waals surface area (Å²) in [4.78, 5) is 11.9. The van der Waals surface area contributed by atoms with Crippen molar-refractivity contribution in [1.82, 2.24) is 4.57 Å². The van der Waals surface area contributed by atoms with Crippen molar-refractivity contribution in [3.63, 3.8) is 0 Å². The van der Waals surface area contributed by atoms with E-state index in [0.29, 0.717) is 16.5 Å². The van der Waals surface area contributed by atoms with Gasteiger partial charge in [0, 0.05) is 34.8 Å². The van der Waals surface area contributed by atoms with Gasteiger partial charge < -0.3 is 9.67 Å². The van der Waals surface area contributed by atoms with Crippen molar-refractivity contribution in [2.24, 2.45) is 0 Å². The van der Waals surface area contributed by atoms with E-state index in [1.807, 2.05) is 24.3 Å². The third-order valence-electron chi connectivity index (χ3n) is 5.59. The van der Waals surface area contributed by atoms with Crippen molar-refractivity contribution in [2.75, 3.05) is 6.26 Å². The maximum Gasteiger partial charge on any atom is 0.304 e. The third kappa shape index (κ3) is 3.83. The minimum Gasteiger partial charge on any atom is -0.481 e. The Labute approximate surface area is 175 Å². The van der Waals surface area contributed by atoms with Gasteiger partial charge in [0.1, 0.15) is 5.82 Å². The highest BCUT2D eigenvalue weighted by molar-refractivity contribution is 7.84. The number of hydrogen-bond donors (Lipinski definition) is 1. The Balaban J connectivity index is 2.00. The fourth-order valence-corrected chi connectivity index (χ4v) is 5.36. The molecule has 7 heteroatoms. The molecule has 0 saturated carbocycles. The molecule has 1 aliphatic rings. The number of carbonyl (C=O) groups is 1. The second-order valence-corrected chi connectivity index (χ2v) is 9.30. The number of aliphatic carboxylic acids is 1. The lowest BCUT2D eigenvalue weighted by Gasteiger charge is -2.25. The average Bonchev–Trinajstić information content (AvgIpc) is 2.97. The van der Waals surface area contributed by atoms with E-state index in [1.54, 1.807) is 6.26 Å². The maximum absolute atomic E-state index is 14.4. The van der Waals surface area contributed by atoms with Gasteiger partial charge in [-0.3, -0.25) is 9.00 Å². The van der Waals surface area contributed by atoms with E-state index >= 15 is 0 Å². The topological polar surface area (TPSA) is 59.3 Å². The van der Waals surface area contributed by atoms with E-state index in [9.17, 15) is 18.5 Å². The quantitative estimate of drug-likeness (QED) is 0.608. The zero-order chi connectivity index (χ0) is 20.7. The number of rotatable bonds is 5. The van der Waals surface area contributed by atoms with Gasteiger partial charge in [0.15, 0.2) is 0 Å². The predicted octanol–water partition coefficient (Wildman–Crippen LogP) is 5.11. The SMILES string of the molecule is C[S@](=O)c1cc(F)cc2c3c(n(Cc4ccc(Cl)cc4)c12)[C@@H](CC(=O)O)CCC3. The monoisotopic (exact) mass is 433 g/mol. The van der Waals surface area contributed by atoms with Crippen LogP contribution in [0.15, 0.2) is 41.3 Å². The summed E-state index contributed by atoms with van der Waals surface area (Å²) in [6.45, 7) is 0.481. The summed E-state index contributed by atoms with van der Waals surface area (Å²) in [5, 5.41) is 10.8. The summed E-state index contributed by atoms with van der Waals surface area (Å²) in [5.41, 5.74) is 3.65. The van der Waals surface area contributed by atoms with Crippen molar-refractivity contribution in [3.8, 4) is 0 Å². The molecule has 1 aromatic heterocycles. The summed E-state index contributed by atoms with van der Waals surface area (Å²) in [6, 6.07) is 10.3. The van der Waals surface area contributed by atoms with Crippen LogP contribution in [0.25, 0.3) is 10.9 Å². The van der Waals surface area contributed by atoms with Crippen molar-refractivity contribution < 1.29 is 18.5 Å². The van der Waals surface area contributed by atoms with E-state index in [2.05, 4.69) is 4.57 Å². The molecule has 0 radical (unpaired) electrons. The molecule has 0 unspecified atom stereocenters. The summed E-state index contributed by atoms with van der Waals surface area (Å²) in [5.74, 6) is -1.43. The summed E-state index contributed by atoms with van der Waals surface area (Å²) in [7, 11) is -1.38. The van der Waals surface area contributed by atoms with Crippen LogP contribution in [-0.2, 0) is 28.6 Å². The van der Waals surface area contributed by atoms with E-state index < -0.39 is 22.6 Å². The first-order valence-electron chi connectivity index (χ1n) is 9.49. The van der Waals surface area contributed by atoms with Crippen LogP contribution in [0, 0.1) is 5.82 Å².